The molecule has 110 valence electrons. The fraction of sp³-hybridized carbons (Fsp3) is 0.231. The van der Waals surface area contributed by atoms with Crippen molar-refractivity contribution in [3.8, 4) is 5.88 Å². The standard InChI is InChI=1S/C13H13N3O4S/c1-7-10(13(18)19)12(21-15-7)16(2)11(17)8-4-5-9(20-3)14-6-8/h4-6H,1-3H3,(H,18,19). The highest BCUT2D eigenvalue weighted by atomic mass is 32.1. The van der Waals surface area contributed by atoms with Crippen LogP contribution in [0.15, 0.2) is 18.3 Å². The van der Waals surface area contributed by atoms with Crippen LogP contribution >= 0.6 is 11.5 Å². The van der Waals surface area contributed by atoms with Crippen molar-refractivity contribution in [1.29, 1.82) is 0 Å². The quantitative estimate of drug-likeness (QED) is 0.926. The van der Waals surface area contributed by atoms with Gasteiger partial charge in [0, 0.05) is 19.3 Å². The Morgan fingerprint density at radius 1 is 1.38 bits per heavy atom. The van der Waals surface area contributed by atoms with E-state index in [4.69, 9.17) is 4.74 Å². The molecule has 21 heavy (non-hydrogen) atoms. The van der Waals surface area contributed by atoms with Gasteiger partial charge in [0.2, 0.25) is 5.88 Å². The van der Waals surface area contributed by atoms with E-state index in [9.17, 15) is 14.7 Å². The summed E-state index contributed by atoms with van der Waals surface area (Å²) < 4.78 is 8.92. The Morgan fingerprint density at radius 3 is 2.62 bits per heavy atom. The zero-order valence-electron chi connectivity index (χ0n) is 11.7. The molecule has 0 fully saturated rings. The van der Waals surface area contributed by atoms with Crippen molar-refractivity contribution >= 4 is 28.4 Å². The predicted octanol–water partition coefficient (Wildman–Crippen LogP) is 1.83. The minimum absolute atomic E-state index is 0.0392. The van der Waals surface area contributed by atoms with Gasteiger partial charge >= 0.3 is 5.97 Å². The van der Waals surface area contributed by atoms with Gasteiger partial charge in [-0.15, -0.1) is 0 Å². The predicted molar refractivity (Wildman–Crippen MR) is 77.3 cm³/mol. The SMILES string of the molecule is COc1ccc(C(=O)N(C)c2snc(C)c2C(=O)O)cn1. The molecule has 0 aliphatic carbocycles. The van der Waals surface area contributed by atoms with Gasteiger partial charge in [-0.1, -0.05) is 0 Å². The van der Waals surface area contributed by atoms with Crippen LogP contribution in [0.25, 0.3) is 0 Å². The van der Waals surface area contributed by atoms with Gasteiger partial charge in [0.05, 0.1) is 18.4 Å². The first-order chi connectivity index (χ1) is 9.95. The molecule has 0 spiro atoms. The molecule has 2 aromatic rings. The van der Waals surface area contributed by atoms with E-state index in [1.807, 2.05) is 0 Å². The number of ether oxygens (including phenoxy) is 1. The Morgan fingerprint density at radius 2 is 2.10 bits per heavy atom. The number of methoxy groups -OCH3 is 1. The average Bonchev–Trinajstić information content (AvgIpc) is 2.87. The Bertz CT molecular complexity index is 681. The first-order valence-corrected chi connectivity index (χ1v) is 6.70. The van der Waals surface area contributed by atoms with Gasteiger partial charge in [-0.2, -0.15) is 4.37 Å². The molecule has 7 nitrogen and oxygen atoms in total. The highest BCUT2D eigenvalue weighted by Crippen LogP contribution is 2.28. The number of aryl methyl sites for hydroxylation is 1. The lowest BCUT2D eigenvalue weighted by Gasteiger charge is -2.15. The topological polar surface area (TPSA) is 92.6 Å². The molecule has 2 rings (SSSR count). The minimum Gasteiger partial charge on any atom is -0.481 e. The number of rotatable bonds is 4. The number of anilines is 1. The summed E-state index contributed by atoms with van der Waals surface area (Å²) >= 11 is 0.972. The van der Waals surface area contributed by atoms with Crippen LogP contribution in [0.3, 0.4) is 0 Å². The number of carboxylic acids is 1. The summed E-state index contributed by atoms with van der Waals surface area (Å²) in [6, 6.07) is 3.14. The normalized spacial score (nSPS) is 10.2. The highest BCUT2D eigenvalue weighted by Gasteiger charge is 2.24. The number of pyridine rings is 1. The summed E-state index contributed by atoms with van der Waals surface area (Å²) in [6.45, 7) is 1.59. The average molecular weight is 307 g/mol. The third-order valence-electron chi connectivity index (χ3n) is 2.86. The van der Waals surface area contributed by atoms with Crippen LogP contribution in [0, 0.1) is 6.92 Å². The van der Waals surface area contributed by atoms with E-state index in [0.29, 0.717) is 22.1 Å². The van der Waals surface area contributed by atoms with Crippen LogP contribution in [0.2, 0.25) is 0 Å². The maximum atomic E-state index is 12.4. The zero-order valence-corrected chi connectivity index (χ0v) is 12.5. The fourth-order valence-electron chi connectivity index (χ4n) is 1.75. The number of aromatic nitrogens is 2. The smallest absolute Gasteiger partial charge is 0.340 e. The molecule has 0 bridgehead atoms. The summed E-state index contributed by atoms with van der Waals surface area (Å²) in [4.78, 5) is 28.8. The second-order valence-electron chi connectivity index (χ2n) is 4.21. The van der Waals surface area contributed by atoms with Crippen molar-refractivity contribution in [3.63, 3.8) is 0 Å². The number of hydrogen-bond donors (Lipinski definition) is 1. The zero-order chi connectivity index (χ0) is 15.6. The monoisotopic (exact) mass is 307 g/mol. The summed E-state index contributed by atoms with van der Waals surface area (Å²) in [7, 11) is 2.99. The Balaban J connectivity index is 2.32. The summed E-state index contributed by atoms with van der Waals surface area (Å²) in [5.41, 5.74) is 0.757. The van der Waals surface area contributed by atoms with Crippen LogP contribution < -0.4 is 9.64 Å². The van der Waals surface area contributed by atoms with Crippen molar-refractivity contribution in [2.45, 2.75) is 6.92 Å². The Labute approximate surface area is 125 Å². The molecule has 2 aromatic heterocycles. The molecular formula is C13H13N3O4S. The van der Waals surface area contributed by atoms with Gasteiger partial charge in [0.15, 0.2) is 0 Å². The minimum atomic E-state index is -1.11. The first-order valence-electron chi connectivity index (χ1n) is 5.93. The largest absolute Gasteiger partial charge is 0.481 e. The van der Waals surface area contributed by atoms with E-state index in [0.717, 1.165) is 11.5 Å². The Kier molecular flexibility index (Phi) is 4.18. The highest BCUT2D eigenvalue weighted by molar-refractivity contribution is 7.11. The molecule has 1 N–H and O–H groups in total. The number of amides is 1. The molecule has 0 unspecified atom stereocenters. The molecule has 0 aliphatic rings. The molecule has 0 aromatic carbocycles. The van der Waals surface area contributed by atoms with Crippen molar-refractivity contribution in [1.82, 2.24) is 9.36 Å². The number of hydrogen-bond acceptors (Lipinski definition) is 6. The van der Waals surface area contributed by atoms with E-state index in [1.165, 1.54) is 25.3 Å². The number of carbonyl (C=O) groups excluding carboxylic acids is 1. The van der Waals surface area contributed by atoms with Crippen LogP contribution in [0.1, 0.15) is 26.4 Å². The van der Waals surface area contributed by atoms with E-state index in [-0.39, 0.29) is 11.5 Å². The van der Waals surface area contributed by atoms with Gasteiger partial charge in [0.25, 0.3) is 5.91 Å². The summed E-state index contributed by atoms with van der Waals surface area (Å²) in [5.74, 6) is -1.07. The molecule has 0 atom stereocenters. The lowest BCUT2D eigenvalue weighted by molar-refractivity contribution is 0.0697. The van der Waals surface area contributed by atoms with Crippen LogP contribution in [0.5, 0.6) is 5.88 Å². The van der Waals surface area contributed by atoms with E-state index in [1.54, 1.807) is 19.1 Å². The number of aromatic carboxylic acids is 1. The third-order valence-corrected chi connectivity index (χ3v) is 3.88. The van der Waals surface area contributed by atoms with E-state index < -0.39 is 5.97 Å². The number of carbonyl (C=O) groups is 2. The second-order valence-corrected chi connectivity index (χ2v) is 4.96. The molecule has 2 heterocycles. The van der Waals surface area contributed by atoms with Gasteiger partial charge in [0.1, 0.15) is 10.6 Å². The molecule has 0 saturated heterocycles. The van der Waals surface area contributed by atoms with Gasteiger partial charge in [-0.3, -0.25) is 4.79 Å². The van der Waals surface area contributed by atoms with E-state index in [2.05, 4.69) is 9.36 Å². The third kappa shape index (κ3) is 2.84. The molecular weight excluding hydrogens is 294 g/mol. The molecule has 0 saturated carbocycles. The van der Waals surface area contributed by atoms with Gasteiger partial charge < -0.3 is 14.7 Å². The molecule has 0 radical (unpaired) electrons. The second kappa shape index (κ2) is 5.88. The van der Waals surface area contributed by atoms with Crippen molar-refractivity contribution in [2.24, 2.45) is 0 Å². The van der Waals surface area contributed by atoms with E-state index >= 15 is 0 Å². The van der Waals surface area contributed by atoms with Crippen molar-refractivity contribution in [2.75, 3.05) is 19.1 Å². The summed E-state index contributed by atoms with van der Waals surface area (Å²) in [5, 5.41) is 9.50. The number of nitrogens with zero attached hydrogens (tertiary/aromatic N) is 3. The maximum Gasteiger partial charge on any atom is 0.340 e. The fourth-order valence-corrected chi connectivity index (χ4v) is 2.59. The number of carboxylic acid groups (broad SMARTS) is 1. The molecule has 1 amide bonds. The molecule has 8 heteroatoms. The maximum absolute atomic E-state index is 12.4. The molecule has 0 aliphatic heterocycles. The van der Waals surface area contributed by atoms with Crippen LogP contribution in [-0.4, -0.2) is 40.5 Å². The van der Waals surface area contributed by atoms with Crippen molar-refractivity contribution in [3.05, 3.63) is 35.2 Å². The van der Waals surface area contributed by atoms with Gasteiger partial charge in [-0.25, -0.2) is 9.78 Å². The lowest BCUT2D eigenvalue weighted by Crippen LogP contribution is -2.27. The first kappa shape index (κ1) is 14.9. The van der Waals surface area contributed by atoms with Crippen LogP contribution in [0.4, 0.5) is 5.00 Å². The van der Waals surface area contributed by atoms with Crippen molar-refractivity contribution < 1.29 is 19.4 Å². The summed E-state index contributed by atoms with van der Waals surface area (Å²) in [6.07, 6.45) is 1.38. The Hall–Kier alpha value is -2.48. The lowest BCUT2D eigenvalue weighted by atomic mass is 10.2. The van der Waals surface area contributed by atoms with Crippen LogP contribution in [-0.2, 0) is 0 Å². The van der Waals surface area contributed by atoms with Gasteiger partial charge in [-0.05, 0) is 24.5 Å².